The Balaban J connectivity index is 1.52. The van der Waals surface area contributed by atoms with Crippen LogP contribution in [0.3, 0.4) is 0 Å². The van der Waals surface area contributed by atoms with Gasteiger partial charge in [-0.3, -0.25) is 4.79 Å². The van der Waals surface area contributed by atoms with E-state index < -0.39 is 6.09 Å². The minimum Gasteiger partial charge on any atom is -0.410 e. The van der Waals surface area contributed by atoms with E-state index in [-0.39, 0.29) is 5.91 Å². The van der Waals surface area contributed by atoms with E-state index in [0.29, 0.717) is 25.1 Å². The van der Waals surface area contributed by atoms with Crippen molar-refractivity contribution in [1.29, 1.82) is 0 Å². The maximum Gasteiger partial charge on any atom is 0.409 e. The maximum absolute atomic E-state index is 11.9. The van der Waals surface area contributed by atoms with Crippen molar-refractivity contribution >= 4 is 22.9 Å². The number of carbonyl (C=O) groups is 2. The fourth-order valence-corrected chi connectivity index (χ4v) is 2.76. The Kier molecular flexibility index (Phi) is 5.53. The monoisotopic (exact) mass is 350 g/mol. The van der Waals surface area contributed by atoms with Crippen molar-refractivity contribution < 1.29 is 14.3 Å². The summed E-state index contributed by atoms with van der Waals surface area (Å²) in [6.45, 7) is 0.512. The van der Waals surface area contributed by atoms with Gasteiger partial charge in [0.2, 0.25) is 5.91 Å². The number of primary amides is 1. The van der Waals surface area contributed by atoms with E-state index in [1.54, 1.807) is 18.6 Å². The van der Waals surface area contributed by atoms with E-state index in [9.17, 15) is 9.59 Å². The molecule has 0 aliphatic rings. The third-order valence-corrected chi connectivity index (χ3v) is 4.02. The summed E-state index contributed by atoms with van der Waals surface area (Å²) in [6, 6.07) is 15.1. The molecule has 0 unspecified atom stereocenters. The quantitative estimate of drug-likeness (QED) is 0.611. The second kappa shape index (κ2) is 8.20. The fraction of sp³-hybridized carbons (Fsp3) is 0.150. The van der Waals surface area contributed by atoms with Gasteiger partial charge in [-0.25, -0.2) is 4.79 Å². The summed E-state index contributed by atoms with van der Waals surface area (Å²) in [5.41, 5.74) is 8.10. The molecule has 26 heavy (non-hydrogen) atoms. The van der Waals surface area contributed by atoms with Gasteiger partial charge >= 0.3 is 6.09 Å². The highest BCUT2D eigenvalue weighted by Crippen LogP contribution is 2.24. The third-order valence-electron chi connectivity index (χ3n) is 4.02. The van der Waals surface area contributed by atoms with E-state index in [4.69, 9.17) is 10.5 Å². The van der Waals surface area contributed by atoms with Gasteiger partial charge in [-0.2, -0.15) is 0 Å². The molecule has 0 bridgehead atoms. The number of aromatic nitrogens is 1. The summed E-state index contributed by atoms with van der Waals surface area (Å²) in [4.78, 5) is 26.0. The predicted molar refractivity (Wildman–Crippen MR) is 99.7 cm³/mol. The summed E-state index contributed by atoms with van der Waals surface area (Å²) < 4.78 is 4.91. The number of rotatable bonds is 7. The SMILES string of the molecule is NC(=O)Oc1ccc2[nH]cc(CCNC(=O)[CH]Cc3ccccc3)c2c1. The van der Waals surface area contributed by atoms with Crippen LogP contribution in [-0.4, -0.2) is 23.5 Å². The van der Waals surface area contributed by atoms with Crippen LogP contribution in [0.4, 0.5) is 4.79 Å². The van der Waals surface area contributed by atoms with Gasteiger partial charge in [-0.15, -0.1) is 0 Å². The molecule has 1 aromatic heterocycles. The fourth-order valence-electron chi connectivity index (χ4n) is 2.76. The van der Waals surface area contributed by atoms with Crippen LogP contribution in [0.5, 0.6) is 5.75 Å². The van der Waals surface area contributed by atoms with Gasteiger partial charge in [-0.05, 0) is 42.2 Å². The highest BCUT2D eigenvalue weighted by atomic mass is 16.5. The molecule has 0 aliphatic carbocycles. The smallest absolute Gasteiger partial charge is 0.409 e. The summed E-state index contributed by atoms with van der Waals surface area (Å²) in [5, 5.41) is 3.83. The Hall–Kier alpha value is -3.28. The van der Waals surface area contributed by atoms with Gasteiger partial charge in [0.05, 0.1) is 6.42 Å². The molecule has 133 valence electrons. The van der Waals surface area contributed by atoms with Crippen molar-refractivity contribution in [3.63, 3.8) is 0 Å². The molecule has 0 atom stereocenters. The number of hydrogen-bond acceptors (Lipinski definition) is 3. The third kappa shape index (κ3) is 4.63. The number of nitrogens with two attached hydrogens (primary N) is 1. The van der Waals surface area contributed by atoms with Crippen LogP contribution in [0.25, 0.3) is 10.9 Å². The minimum atomic E-state index is -0.845. The van der Waals surface area contributed by atoms with E-state index in [1.807, 2.05) is 42.6 Å². The number of amides is 2. The van der Waals surface area contributed by atoms with E-state index in [2.05, 4.69) is 10.3 Å². The first-order chi connectivity index (χ1) is 12.6. The topological polar surface area (TPSA) is 97.2 Å². The Labute approximate surface area is 151 Å². The molecular weight excluding hydrogens is 330 g/mol. The molecule has 3 rings (SSSR count). The molecule has 4 N–H and O–H groups in total. The first-order valence-corrected chi connectivity index (χ1v) is 8.34. The highest BCUT2D eigenvalue weighted by Gasteiger charge is 2.08. The molecule has 2 amide bonds. The Morgan fingerprint density at radius 1 is 1.15 bits per heavy atom. The predicted octanol–water partition coefficient (Wildman–Crippen LogP) is 2.73. The number of H-pyrrole nitrogens is 1. The minimum absolute atomic E-state index is 0.0913. The lowest BCUT2D eigenvalue weighted by Gasteiger charge is -2.05. The van der Waals surface area contributed by atoms with Crippen LogP contribution in [0.2, 0.25) is 0 Å². The molecule has 6 heteroatoms. The van der Waals surface area contributed by atoms with Crippen LogP contribution in [0, 0.1) is 6.42 Å². The van der Waals surface area contributed by atoms with Crippen molar-refractivity contribution in [3.8, 4) is 5.75 Å². The normalized spacial score (nSPS) is 10.6. The molecule has 0 fully saturated rings. The Morgan fingerprint density at radius 3 is 2.73 bits per heavy atom. The lowest BCUT2D eigenvalue weighted by Crippen LogP contribution is -2.26. The molecule has 0 saturated heterocycles. The van der Waals surface area contributed by atoms with E-state index >= 15 is 0 Å². The van der Waals surface area contributed by atoms with Gasteiger partial charge in [0.25, 0.3) is 0 Å². The number of hydrogen-bond donors (Lipinski definition) is 3. The van der Waals surface area contributed by atoms with Crippen molar-refractivity contribution in [2.45, 2.75) is 12.8 Å². The van der Waals surface area contributed by atoms with Crippen molar-refractivity contribution in [3.05, 3.63) is 72.3 Å². The second-order valence-electron chi connectivity index (χ2n) is 5.88. The standard InChI is InChI=1S/C20H20N3O3/c21-20(25)26-16-7-8-18-17(12-16)15(13-23-18)10-11-22-19(24)9-6-14-4-2-1-3-5-14/h1-5,7-9,12-13,23H,6,10-11H2,(H2,21,25)(H,22,24). The number of fused-ring (bicyclic) bond motifs is 1. The lowest BCUT2D eigenvalue weighted by molar-refractivity contribution is -0.117. The van der Waals surface area contributed by atoms with Gasteiger partial charge in [0.15, 0.2) is 0 Å². The zero-order valence-electron chi connectivity index (χ0n) is 14.2. The van der Waals surface area contributed by atoms with Gasteiger partial charge in [-0.1, -0.05) is 30.3 Å². The molecular formula is C20H20N3O3. The number of aromatic amines is 1. The van der Waals surface area contributed by atoms with Crippen molar-refractivity contribution in [2.24, 2.45) is 5.73 Å². The van der Waals surface area contributed by atoms with Crippen LogP contribution in [-0.2, 0) is 17.6 Å². The molecule has 6 nitrogen and oxygen atoms in total. The number of carbonyl (C=O) groups excluding carboxylic acids is 2. The van der Waals surface area contributed by atoms with Crippen molar-refractivity contribution in [2.75, 3.05) is 6.54 Å². The number of nitrogens with one attached hydrogen (secondary N) is 2. The average Bonchev–Trinajstić information content (AvgIpc) is 3.03. The van der Waals surface area contributed by atoms with Crippen LogP contribution >= 0.6 is 0 Å². The van der Waals surface area contributed by atoms with E-state index in [1.165, 1.54) is 0 Å². The van der Waals surface area contributed by atoms with E-state index in [0.717, 1.165) is 22.0 Å². The molecule has 3 aromatic rings. The van der Waals surface area contributed by atoms with Crippen LogP contribution < -0.4 is 15.8 Å². The second-order valence-corrected chi connectivity index (χ2v) is 5.88. The molecule has 0 spiro atoms. The van der Waals surface area contributed by atoms with Gasteiger partial charge < -0.3 is 20.8 Å². The zero-order valence-corrected chi connectivity index (χ0v) is 14.2. The first-order valence-electron chi connectivity index (χ1n) is 8.34. The van der Waals surface area contributed by atoms with Gasteiger partial charge in [0.1, 0.15) is 5.75 Å². The Bertz CT molecular complexity index is 903. The summed E-state index contributed by atoms with van der Waals surface area (Å²) in [6.07, 6.45) is 3.95. The summed E-state index contributed by atoms with van der Waals surface area (Å²) in [5.74, 6) is 0.303. The lowest BCUT2D eigenvalue weighted by atomic mass is 10.1. The first kappa shape index (κ1) is 17.5. The molecule has 1 radical (unpaired) electrons. The van der Waals surface area contributed by atoms with Gasteiger partial charge in [0, 0.05) is 23.6 Å². The van der Waals surface area contributed by atoms with Crippen LogP contribution in [0.15, 0.2) is 54.7 Å². The molecule has 0 saturated carbocycles. The highest BCUT2D eigenvalue weighted by molar-refractivity contribution is 5.86. The summed E-state index contributed by atoms with van der Waals surface area (Å²) >= 11 is 0. The molecule has 2 aromatic carbocycles. The molecule has 0 aliphatic heterocycles. The van der Waals surface area contributed by atoms with Crippen LogP contribution in [0.1, 0.15) is 11.1 Å². The summed E-state index contributed by atoms with van der Waals surface area (Å²) in [7, 11) is 0. The number of benzene rings is 2. The zero-order chi connectivity index (χ0) is 18.4. The number of ether oxygens (including phenoxy) is 1. The average molecular weight is 350 g/mol. The maximum atomic E-state index is 11.9. The van der Waals surface area contributed by atoms with Crippen molar-refractivity contribution in [1.82, 2.24) is 10.3 Å². The molecule has 1 heterocycles. The Morgan fingerprint density at radius 2 is 1.96 bits per heavy atom. The largest absolute Gasteiger partial charge is 0.410 e.